The van der Waals surface area contributed by atoms with Crippen LogP contribution < -0.4 is 10.2 Å². The smallest absolute Gasteiger partial charge is 0.416 e. The molecule has 156 valence electrons. The van der Waals surface area contributed by atoms with E-state index in [1.54, 1.807) is 41.6 Å². The van der Waals surface area contributed by atoms with E-state index in [-0.39, 0.29) is 11.9 Å². The lowest BCUT2D eigenvalue weighted by Crippen LogP contribution is -2.39. The van der Waals surface area contributed by atoms with Crippen molar-refractivity contribution in [2.75, 3.05) is 23.3 Å². The molecule has 9 heteroatoms. The summed E-state index contributed by atoms with van der Waals surface area (Å²) < 4.78 is 21.2. The second-order valence-corrected chi connectivity index (χ2v) is 7.99. The van der Waals surface area contributed by atoms with Gasteiger partial charge in [-0.2, -0.15) is 10.2 Å². The predicted octanol–water partition coefficient (Wildman–Crippen LogP) is 3.73. The lowest BCUT2D eigenvalue weighted by molar-refractivity contribution is 0.0148. The van der Waals surface area contributed by atoms with Gasteiger partial charge in [0.15, 0.2) is 5.82 Å². The average Bonchev–Trinajstić information content (AvgIpc) is 3.49. The molecule has 2 aliphatic rings. The van der Waals surface area contributed by atoms with E-state index in [2.05, 4.69) is 20.6 Å². The van der Waals surface area contributed by atoms with Crippen LogP contribution in [0.4, 0.5) is 20.8 Å². The number of hydrogen-bond donors (Lipinski definition) is 2. The molecule has 1 saturated heterocycles. The van der Waals surface area contributed by atoms with Gasteiger partial charge in [0.1, 0.15) is 22.9 Å². The van der Waals surface area contributed by atoms with E-state index in [1.165, 1.54) is 10.7 Å². The van der Waals surface area contributed by atoms with Crippen LogP contribution in [0, 0.1) is 11.7 Å². The Morgan fingerprint density at radius 3 is 2.83 bits per heavy atom. The van der Waals surface area contributed by atoms with E-state index in [9.17, 15) is 9.18 Å². The maximum atomic E-state index is 13.9. The number of nitrogens with one attached hydrogen (secondary N) is 2. The number of H-pyrrole nitrogens is 1. The van der Waals surface area contributed by atoms with Gasteiger partial charge in [-0.25, -0.2) is 13.9 Å². The van der Waals surface area contributed by atoms with Crippen LogP contribution in [-0.4, -0.2) is 44.8 Å². The molecule has 5 rings (SSSR count). The van der Waals surface area contributed by atoms with Gasteiger partial charge in [-0.05, 0) is 43.7 Å². The quantitative estimate of drug-likeness (QED) is 0.669. The molecule has 1 amide bonds. The van der Waals surface area contributed by atoms with Gasteiger partial charge >= 0.3 is 6.09 Å². The van der Waals surface area contributed by atoms with E-state index in [1.807, 2.05) is 6.07 Å². The van der Waals surface area contributed by atoms with E-state index in [4.69, 9.17) is 4.74 Å². The standard InChI is InChI=1S/C21H23FN6O2/c22-16-3-1-2-4-17(16)28-12-8-18(26-28)23-13-15-5-9-21(10-6-15)14-27(20(29)30-21)19-7-11-24-25-19/h1-4,7-8,11-12,15H,5-6,9-10,13-14H2,(H,23,26)(H,24,25). The molecule has 2 fully saturated rings. The molecule has 2 aromatic heterocycles. The minimum atomic E-state index is -0.418. The molecule has 3 heterocycles. The number of nitrogens with zero attached hydrogens (tertiary/aromatic N) is 4. The first-order valence-electron chi connectivity index (χ1n) is 10.2. The number of aromatic nitrogens is 4. The highest BCUT2D eigenvalue weighted by Crippen LogP contribution is 2.40. The maximum absolute atomic E-state index is 13.9. The van der Waals surface area contributed by atoms with Crippen molar-refractivity contribution in [2.45, 2.75) is 31.3 Å². The van der Waals surface area contributed by atoms with Gasteiger partial charge in [0, 0.05) is 31.1 Å². The van der Waals surface area contributed by atoms with Gasteiger partial charge in [0.25, 0.3) is 0 Å². The molecule has 0 unspecified atom stereocenters. The van der Waals surface area contributed by atoms with Crippen molar-refractivity contribution in [2.24, 2.45) is 5.92 Å². The largest absolute Gasteiger partial charge is 0.441 e. The number of para-hydroxylation sites is 1. The van der Waals surface area contributed by atoms with Crippen LogP contribution in [-0.2, 0) is 4.74 Å². The number of benzene rings is 1. The van der Waals surface area contributed by atoms with Gasteiger partial charge in [0.05, 0.1) is 6.54 Å². The molecule has 30 heavy (non-hydrogen) atoms. The number of amides is 1. The molecule has 8 nitrogen and oxygen atoms in total. The first-order chi connectivity index (χ1) is 14.6. The third-order valence-electron chi connectivity index (χ3n) is 6.01. The zero-order valence-electron chi connectivity index (χ0n) is 16.4. The summed E-state index contributed by atoms with van der Waals surface area (Å²) in [7, 11) is 0. The van der Waals surface area contributed by atoms with Crippen molar-refractivity contribution in [1.29, 1.82) is 0 Å². The maximum Gasteiger partial charge on any atom is 0.416 e. The molecular weight excluding hydrogens is 387 g/mol. The summed E-state index contributed by atoms with van der Waals surface area (Å²) in [5.41, 5.74) is 0.00791. The highest BCUT2D eigenvalue weighted by molar-refractivity contribution is 5.89. The highest BCUT2D eigenvalue weighted by Gasteiger charge is 2.48. The molecule has 0 bridgehead atoms. The third-order valence-corrected chi connectivity index (χ3v) is 6.01. The van der Waals surface area contributed by atoms with Crippen LogP contribution >= 0.6 is 0 Å². The second-order valence-electron chi connectivity index (χ2n) is 7.99. The van der Waals surface area contributed by atoms with Crippen molar-refractivity contribution in [1.82, 2.24) is 20.0 Å². The number of carbonyl (C=O) groups is 1. The van der Waals surface area contributed by atoms with E-state index in [0.29, 0.717) is 24.0 Å². The topological polar surface area (TPSA) is 88.1 Å². The fourth-order valence-corrected chi connectivity index (χ4v) is 4.31. The molecule has 0 radical (unpaired) electrons. The summed E-state index contributed by atoms with van der Waals surface area (Å²) in [6.45, 7) is 1.32. The fraction of sp³-hybridized carbons (Fsp3) is 0.381. The van der Waals surface area contributed by atoms with Crippen molar-refractivity contribution >= 4 is 17.7 Å². The highest BCUT2D eigenvalue weighted by atomic mass is 19.1. The minimum Gasteiger partial charge on any atom is -0.441 e. The Morgan fingerprint density at radius 2 is 2.07 bits per heavy atom. The van der Waals surface area contributed by atoms with Crippen LogP contribution in [0.5, 0.6) is 0 Å². The molecular formula is C21H23FN6O2. The molecule has 1 saturated carbocycles. The normalized spacial score (nSPS) is 23.7. The molecule has 3 aromatic rings. The number of halogens is 1. The Balaban J connectivity index is 1.15. The van der Waals surface area contributed by atoms with Gasteiger partial charge in [-0.15, -0.1) is 0 Å². The number of carbonyl (C=O) groups excluding carboxylic acids is 1. The summed E-state index contributed by atoms with van der Waals surface area (Å²) in [5.74, 6) is 1.48. The number of rotatable bonds is 5. The Kier molecular flexibility index (Phi) is 4.65. The van der Waals surface area contributed by atoms with Gasteiger partial charge in [-0.3, -0.25) is 10.00 Å². The Labute approximate surface area is 173 Å². The average molecular weight is 410 g/mol. The zero-order chi connectivity index (χ0) is 20.6. The zero-order valence-corrected chi connectivity index (χ0v) is 16.4. The summed E-state index contributed by atoms with van der Waals surface area (Å²) >= 11 is 0. The SMILES string of the molecule is O=C1OC2(CCC(CNc3ccn(-c4ccccc4F)n3)CC2)CN1c1cc[nH]n1. The number of hydrogen-bond acceptors (Lipinski definition) is 5. The summed E-state index contributed by atoms with van der Waals surface area (Å²) in [6.07, 6.45) is 6.70. The molecule has 1 aromatic carbocycles. The third kappa shape index (κ3) is 3.51. The Bertz CT molecular complexity index is 1030. The van der Waals surface area contributed by atoms with Gasteiger partial charge in [0.2, 0.25) is 0 Å². The van der Waals surface area contributed by atoms with Crippen LogP contribution in [0.3, 0.4) is 0 Å². The van der Waals surface area contributed by atoms with Crippen LogP contribution in [0.15, 0.2) is 48.8 Å². The van der Waals surface area contributed by atoms with E-state index in [0.717, 1.165) is 38.0 Å². The summed E-state index contributed by atoms with van der Waals surface area (Å²) in [5, 5.41) is 14.6. The predicted molar refractivity (Wildman–Crippen MR) is 109 cm³/mol. The molecule has 1 aliphatic carbocycles. The first-order valence-corrected chi connectivity index (χ1v) is 10.2. The summed E-state index contributed by atoms with van der Waals surface area (Å²) in [4.78, 5) is 13.9. The van der Waals surface area contributed by atoms with Crippen molar-refractivity contribution in [3.63, 3.8) is 0 Å². The van der Waals surface area contributed by atoms with Crippen molar-refractivity contribution < 1.29 is 13.9 Å². The minimum absolute atomic E-state index is 0.306. The van der Waals surface area contributed by atoms with E-state index >= 15 is 0 Å². The molecule has 1 spiro atoms. The first kappa shape index (κ1) is 18.7. The van der Waals surface area contributed by atoms with Crippen molar-refractivity contribution in [3.8, 4) is 5.69 Å². The van der Waals surface area contributed by atoms with E-state index < -0.39 is 5.60 Å². The second kappa shape index (κ2) is 7.47. The van der Waals surface area contributed by atoms with Crippen molar-refractivity contribution in [3.05, 3.63) is 54.6 Å². The van der Waals surface area contributed by atoms with Gasteiger partial charge < -0.3 is 10.1 Å². The Morgan fingerprint density at radius 1 is 1.23 bits per heavy atom. The lowest BCUT2D eigenvalue weighted by atomic mass is 9.78. The van der Waals surface area contributed by atoms with Crippen LogP contribution in [0.2, 0.25) is 0 Å². The van der Waals surface area contributed by atoms with Crippen LogP contribution in [0.25, 0.3) is 5.69 Å². The molecule has 1 aliphatic heterocycles. The number of anilines is 2. The van der Waals surface area contributed by atoms with Crippen LogP contribution in [0.1, 0.15) is 25.7 Å². The monoisotopic (exact) mass is 410 g/mol. The van der Waals surface area contributed by atoms with Gasteiger partial charge in [-0.1, -0.05) is 12.1 Å². The molecule has 2 N–H and O–H groups in total. The number of aromatic amines is 1. The Hall–Kier alpha value is -3.36. The molecule has 0 atom stereocenters. The number of ether oxygens (including phenoxy) is 1. The fourth-order valence-electron chi connectivity index (χ4n) is 4.31. The lowest BCUT2D eigenvalue weighted by Gasteiger charge is -2.35. The summed E-state index contributed by atoms with van der Waals surface area (Å²) in [6, 6.07) is 10.2.